The van der Waals surface area contributed by atoms with Crippen LogP contribution in [-0.2, 0) is 9.73 Å². The Morgan fingerprint density at radius 1 is 1.55 bits per heavy atom. The maximum absolute atomic E-state index is 11.7. The molecule has 1 aliphatic heterocycles. The Labute approximate surface area is 68.5 Å². The predicted octanol–water partition coefficient (Wildman–Crippen LogP) is 0.595. The fourth-order valence-corrected chi connectivity index (χ4v) is 3.42. The van der Waals surface area contributed by atoms with Crippen LogP contribution in [0.5, 0.6) is 0 Å². The van der Waals surface area contributed by atoms with Gasteiger partial charge >= 0.3 is 0 Å². The molecule has 0 aromatic heterocycles. The van der Waals surface area contributed by atoms with E-state index in [2.05, 4.69) is 4.36 Å². The Bertz CT molecular complexity index is 217. The van der Waals surface area contributed by atoms with Crippen LogP contribution < -0.4 is 5.73 Å². The first kappa shape index (κ1) is 9.00. The fourth-order valence-electron chi connectivity index (χ4n) is 1.14. The van der Waals surface area contributed by atoms with Gasteiger partial charge in [0.2, 0.25) is 0 Å². The molecular weight excluding hydrogens is 160 g/mol. The molecule has 1 atom stereocenters. The van der Waals surface area contributed by atoms with Gasteiger partial charge in [-0.15, -0.1) is 0 Å². The second-order valence-corrected chi connectivity index (χ2v) is 5.80. The third-order valence-corrected chi connectivity index (χ3v) is 4.25. The Kier molecular flexibility index (Phi) is 2.90. The standard InChI is InChI=1S/C7H16N2OS/c1-7(8)6-9-11(10)4-2-3-5-11/h7H,2-6,8H2,1H3/t7-/m1/s1. The summed E-state index contributed by atoms with van der Waals surface area (Å²) in [6.45, 7) is 2.44. The van der Waals surface area contributed by atoms with Crippen molar-refractivity contribution in [2.24, 2.45) is 10.1 Å². The lowest BCUT2D eigenvalue weighted by Crippen LogP contribution is -2.19. The smallest absolute Gasteiger partial charge is 0.0632 e. The molecule has 0 unspecified atom stereocenters. The van der Waals surface area contributed by atoms with Crippen molar-refractivity contribution in [3.63, 3.8) is 0 Å². The molecular formula is C7H16N2OS. The van der Waals surface area contributed by atoms with Gasteiger partial charge in [-0.3, -0.25) is 0 Å². The van der Waals surface area contributed by atoms with Gasteiger partial charge in [0.25, 0.3) is 0 Å². The summed E-state index contributed by atoms with van der Waals surface area (Å²) in [4.78, 5) is 0. The predicted molar refractivity (Wildman–Crippen MR) is 48.1 cm³/mol. The minimum absolute atomic E-state index is 0.0499. The summed E-state index contributed by atoms with van der Waals surface area (Å²) >= 11 is 0. The highest BCUT2D eigenvalue weighted by molar-refractivity contribution is 7.93. The number of nitrogens with two attached hydrogens (primary N) is 1. The highest BCUT2D eigenvalue weighted by Gasteiger charge is 2.15. The first-order valence-electron chi connectivity index (χ1n) is 4.06. The fraction of sp³-hybridized carbons (Fsp3) is 1.00. The van der Waals surface area contributed by atoms with E-state index in [4.69, 9.17) is 5.73 Å². The zero-order chi connectivity index (χ0) is 8.32. The summed E-state index contributed by atoms with van der Waals surface area (Å²) in [6, 6.07) is 0.0499. The van der Waals surface area contributed by atoms with Crippen molar-refractivity contribution in [2.75, 3.05) is 18.1 Å². The molecule has 1 saturated heterocycles. The van der Waals surface area contributed by atoms with Crippen LogP contribution >= 0.6 is 0 Å². The van der Waals surface area contributed by atoms with Crippen molar-refractivity contribution in [3.8, 4) is 0 Å². The molecule has 3 nitrogen and oxygen atoms in total. The molecule has 1 heterocycles. The summed E-state index contributed by atoms with van der Waals surface area (Å²) in [5, 5.41) is 0. The van der Waals surface area contributed by atoms with Crippen LogP contribution in [0, 0.1) is 0 Å². The highest BCUT2D eigenvalue weighted by Crippen LogP contribution is 2.12. The van der Waals surface area contributed by atoms with Gasteiger partial charge in [-0.1, -0.05) is 0 Å². The van der Waals surface area contributed by atoms with Gasteiger partial charge in [0, 0.05) is 27.3 Å². The van der Waals surface area contributed by atoms with Gasteiger partial charge in [-0.05, 0) is 19.8 Å². The molecule has 0 aromatic rings. The van der Waals surface area contributed by atoms with Crippen LogP contribution in [0.15, 0.2) is 4.36 Å². The second kappa shape index (κ2) is 3.54. The Morgan fingerprint density at radius 2 is 2.09 bits per heavy atom. The number of nitrogens with zero attached hydrogens (tertiary/aromatic N) is 1. The maximum atomic E-state index is 11.7. The van der Waals surface area contributed by atoms with Crippen LogP contribution in [0.4, 0.5) is 0 Å². The summed E-state index contributed by atoms with van der Waals surface area (Å²) in [5.41, 5.74) is 5.51. The molecule has 1 aliphatic rings. The topological polar surface area (TPSA) is 55.4 Å². The van der Waals surface area contributed by atoms with Crippen molar-refractivity contribution >= 4 is 9.73 Å². The lowest BCUT2D eigenvalue weighted by molar-refractivity contribution is 0.674. The van der Waals surface area contributed by atoms with Gasteiger partial charge in [0.1, 0.15) is 0 Å². The summed E-state index contributed by atoms with van der Waals surface area (Å²) < 4.78 is 15.8. The lowest BCUT2D eigenvalue weighted by atomic mass is 10.4. The third-order valence-electron chi connectivity index (χ3n) is 1.77. The molecule has 1 fully saturated rings. The molecule has 11 heavy (non-hydrogen) atoms. The van der Waals surface area contributed by atoms with Crippen molar-refractivity contribution in [1.82, 2.24) is 0 Å². The normalized spacial score (nSPS) is 24.9. The summed E-state index contributed by atoms with van der Waals surface area (Å²) in [5.74, 6) is 1.58. The van der Waals surface area contributed by atoms with Gasteiger partial charge in [-0.25, -0.2) is 8.57 Å². The van der Waals surface area contributed by atoms with Crippen LogP contribution in [0.1, 0.15) is 19.8 Å². The number of hydrogen-bond acceptors (Lipinski definition) is 3. The monoisotopic (exact) mass is 176 g/mol. The van der Waals surface area contributed by atoms with Crippen molar-refractivity contribution in [3.05, 3.63) is 0 Å². The van der Waals surface area contributed by atoms with E-state index in [1.165, 1.54) is 0 Å². The van der Waals surface area contributed by atoms with E-state index in [-0.39, 0.29) is 6.04 Å². The van der Waals surface area contributed by atoms with Crippen LogP contribution in [0.3, 0.4) is 0 Å². The Balaban J connectivity index is 2.56. The van der Waals surface area contributed by atoms with Crippen molar-refractivity contribution in [2.45, 2.75) is 25.8 Å². The van der Waals surface area contributed by atoms with Crippen molar-refractivity contribution in [1.29, 1.82) is 0 Å². The average molecular weight is 176 g/mol. The second-order valence-electron chi connectivity index (χ2n) is 3.18. The zero-order valence-corrected chi connectivity index (χ0v) is 7.77. The van der Waals surface area contributed by atoms with Gasteiger partial charge in [-0.2, -0.15) is 0 Å². The molecule has 0 amide bonds. The number of hydrogen-bond donors (Lipinski definition) is 1. The third kappa shape index (κ3) is 2.79. The van der Waals surface area contributed by atoms with Crippen LogP contribution in [-0.4, -0.2) is 28.3 Å². The molecule has 0 spiro atoms. The van der Waals surface area contributed by atoms with E-state index in [0.717, 1.165) is 24.3 Å². The van der Waals surface area contributed by atoms with E-state index in [9.17, 15) is 4.21 Å². The molecule has 1 rings (SSSR count). The quantitative estimate of drug-likeness (QED) is 0.669. The average Bonchev–Trinajstić information content (AvgIpc) is 2.33. The lowest BCUT2D eigenvalue weighted by Gasteiger charge is -2.02. The molecule has 0 bridgehead atoms. The van der Waals surface area contributed by atoms with E-state index >= 15 is 0 Å². The highest BCUT2D eigenvalue weighted by atomic mass is 32.2. The largest absolute Gasteiger partial charge is 0.326 e. The molecule has 66 valence electrons. The van der Waals surface area contributed by atoms with E-state index in [1.54, 1.807) is 0 Å². The minimum atomic E-state index is -1.80. The van der Waals surface area contributed by atoms with Gasteiger partial charge in [0.15, 0.2) is 0 Å². The number of rotatable bonds is 2. The van der Waals surface area contributed by atoms with Gasteiger partial charge in [0.05, 0.1) is 6.54 Å². The Hall–Kier alpha value is -0.0900. The van der Waals surface area contributed by atoms with Gasteiger partial charge < -0.3 is 5.73 Å². The molecule has 4 heteroatoms. The summed E-state index contributed by atoms with van der Waals surface area (Å²) in [7, 11) is -1.80. The summed E-state index contributed by atoms with van der Waals surface area (Å²) in [6.07, 6.45) is 2.14. The van der Waals surface area contributed by atoms with Crippen molar-refractivity contribution < 1.29 is 4.21 Å². The SMILES string of the molecule is C[C@@H](N)CN=S1(=O)CCCC1. The van der Waals surface area contributed by atoms with E-state index in [1.807, 2.05) is 6.92 Å². The van der Waals surface area contributed by atoms with Crippen LogP contribution in [0.25, 0.3) is 0 Å². The molecule has 0 saturated carbocycles. The van der Waals surface area contributed by atoms with Crippen LogP contribution in [0.2, 0.25) is 0 Å². The zero-order valence-electron chi connectivity index (χ0n) is 6.95. The minimum Gasteiger partial charge on any atom is -0.326 e. The molecule has 2 N–H and O–H groups in total. The maximum Gasteiger partial charge on any atom is 0.0632 e. The molecule has 0 aliphatic carbocycles. The van der Waals surface area contributed by atoms with E-state index in [0.29, 0.717) is 6.54 Å². The first-order chi connectivity index (χ1) is 5.12. The molecule has 0 aromatic carbocycles. The first-order valence-corrected chi connectivity index (χ1v) is 5.91. The Morgan fingerprint density at radius 3 is 2.55 bits per heavy atom. The molecule has 0 radical (unpaired) electrons. The van der Waals surface area contributed by atoms with E-state index < -0.39 is 9.73 Å².